The van der Waals surface area contributed by atoms with E-state index in [4.69, 9.17) is 9.47 Å². The Balaban J connectivity index is 3.42. The van der Waals surface area contributed by atoms with E-state index in [-0.39, 0.29) is 6.79 Å². The maximum atomic E-state index is 10.5. The fourth-order valence-corrected chi connectivity index (χ4v) is 1.05. The predicted molar refractivity (Wildman–Crippen MR) is 60.5 cm³/mol. The van der Waals surface area contributed by atoms with E-state index < -0.39 is 0 Å². The molecule has 3 nitrogen and oxygen atoms in total. The van der Waals surface area contributed by atoms with E-state index in [2.05, 4.69) is 13.8 Å². The highest BCUT2D eigenvalue weighted by Crippen LogP contribution is 1.99. The molecule has 0 unspecified atom stereocenters. The summed E-state index contributed by atoms with van der Waals surface area (Å²) < 4.78 is 10.4. The Kier molecular flexibility index (Phi) is 10.6. The normalized spacial score (nSPS) is 11.5. The van der Waals surface area contributed by atoms with E-state index in [1.54, 1.807) is 6.08 Å². The predicted octanol–water partition coefficient (Wildman–Crippen LogP) is 3.05. The van der Waals surface area contributed by atoms with Crippen LogP contribution in [0.4, 0.5) is 0 Å². The van der Waals surface area contributed by atoms with Gasteiger partial charge in [0, 0.05) is 0 Å². The zero-order valence-corrected chi connectivity index (χ0v) is 9.83. The molecule has 0 aliphatic heterocycles. The van der Waals surface area contributed by atoms with Crippen molar-refractivity contribution in [2.24, 2.45) is 0 Å². The summed E-state index contributed by atoms with van der Waals surface area (Å²) in [6.07, 6.45) is 7.80. The van der Waals surface area contributed by atoms with Crippen LogP contribution in [0.2, 0.25) is 0 Å². The monoisotopic (exact) mass is 214 g/mol. The number of rotatable bonds is 10. The number of ether oxygens (including phenoxy) is 2. The summed E-state index contributed by atoms with van der Waals surface area (Å²) in [4.78, 5) is 10.5. The van der Waals surface area contributed by atoms with Crippen LogP contribution < -0.4 is 0 Å². The second-order valence-electron chi connectivity index (χ2n) is 3.39. The van der Waals surface area contributed by atoms with Crippen molar-refractivity contribution in [3.05, 3.63) is 11.8 Å². The van der Waals surface area contributed by atoms with Crippen LogP contribution in [0.5, 0.6) is 0 Å². The fraction of sp³-hybridized carbons (Fsp3) is 0.750. The van der Waals surface area contributed by atoms with Gasteiger partial charge in [-0.2, -0.15) is 0 Å². The van der Waals surface area contributed by atoms with Gasteiger partial charge in [-0.1, -0.05) is 33.1 Å². The first-order valence-electron chi connectivity index (χ1n) is 5.71. The lowest BCUT2D eigenvalue weighted by atomic mass is 10.3. The first kappa shape index (κ1) is 14.2. The number of aldehydes is 1. The first-order valence-corrected chi connectivity index (χ1v) is 5.71. The summed E-state index contributed by atoms with van der Waals surface area (Å²) in [6.45, 7) is 5.08. The molecule has 15 heavy (non-hydrogen) atoms. The number of hydrogen-bond acceptors (Lipinski definition) is 3. The third-order valence-corrected chi connectivity index (χ3v) is 1.95. The van der Waals surface area contributed by atoms with E-state index in [0.717, 1.165) is 25.5 Å². The lowest BCUT2D eigenvalue weighted by Gasteiger charge is -2.06. The lowest BCUT2D eigenvalue weighted by molar-refractivity contribution is -0.111. The number of unbranched alkanes of at least 4 members (excludes halogenated alkanes) is 3. The van der Waals surface area contributed by atoms with Gasteiger partial charge >= 0.3 is 0 Å². The molecule has 0 radical (unpaired) electrons. The van der Waals surface area contributed by atoms with Gasteiger partial charge in [0.1, 0.15) is 0 Å². The molecule has 0 spiro atoms. The van der Waals surface area contributed by atoms with Crippen LogP contribution in [0.25, 0.3) is 0 Å². The molecule has 88 valence electrons. The van der Waals surface area contributed by atoms with E-state index in [1.165, 1.54) is 12.8 Å². The smallest absolute Gasteiger partial charge is 0.189 e. The lowest BCUT2D eigenvalue weighted by Crippen LogP contribution is -2.02. The molecule has 0 N–H and O–H groups in total. The first-order chi connectivity index (χ1) is 7.35. The second kappa shape index (κ2) is 11.2. The molecule has 0 atom stereocenters. The Hall–Kier alpha value is -0.830. The van der Waals surface area contributed by atoms with Crippen LogP contribution in [0.15, 0.2) is 11.8 Å². The van der Waals surface area contributed by atoms with E-state index in [1.807, 2.05) is 0 Å². The fourth-order valence-electron chi connectivity index (χ4n) is 1.05. The topological polar surface area (TPSA) is 35.5 Å². The Morgan fingerprint density at radius 1 is 1.20 bits per heavy atom. The van der Waals surface area contributed by atoms with Crippen LogP contribution in [0.1, 0.15) is 46.0 Å². The Labute approximate surface area is 92.5 Å². The minimum Gasteiger partial charge on any atom is -0.464 e. The molecule has 0 aromatic heterocycles. The highest BCUT2D eigenvalue weighted by Gasteiger charge is 1.95. The second-order valence-corrected chi connectivity index (χ2v) is 3.39. The molecule has 0 aliphatic rings. The minimum absolute atomic E-state index is 0.179. The Morgan fingerprint density at radius 3 is 2.60 bits per heavy atom. The van der Waals surface area contributed by atoms with Crippen molar-refractivity contribution in [1.82, 2.24) is 0 Å². The van der Waals surface area contributed by atoms with Crippen LogP contribution >= 0.6 is 0 Å². The van der Waals surface area contributed by atoms with Gasteiger partial charge in [-0.05, 0) is 18.9 Å². The average Bonchev–Trinajstić information content (AvgIpc) is 2.27. The zero-order chi connectivity index (χ0) is 11.4. The molecular weight excluding hydrogens is 192 g/mol. The Bertz CT molecular complexity index is 176. The van der Waals surface area contributed by atoms with Crippen LogP contribution in [-0.4, -0.2) is 19.7 Å². The number of carbonyl (C=O) groups is 1. The summed E-state index contributed by atoms with van der Waals surface area (Å²) in [6, 6.07) is 0. The molecule has 0 rings (SSSR count). The molecule has 0 amide bonds. The number of hydrogen-bond donors (Lipinski definition) is 0. The van der Waals surface area contributed by atoms with Gasteiger partial charge in [0.15, 0.2) is 18.8 Å². The summed E-state index contributed by atoms with van der Waals surface area (Å²) in [5, 5.41) is 0. The van der Waals surface area contributed by atoms with Gasteiger partial charge < -0.3 is 9.47 Å². The van der Waals surface area contributed by atoms with Gasteiger partial charge in [0.2, 0.25) is 0 Å². The van der Waals surface area contributed by atoms with Crippen molar-refractivity contribution < 1.29 is 14.3 Å². The average molecular weight is 214 g/mol. The van der Waals surface area contributed by atoms with Crippen molar-refractivity contribution in [3.63, 3.8) is 0 Å². The molecule has 0 saturated heterocycles. The largest absolute Gasteiger partial charge is 0.464 e. The maximum absolute atomic E-state index is 10.5. The van der Waals surface area contributed by atoms with E-state index in [9.17, 15) is 4.79 Å². The quantitative estimate of drug-likeness (QED) is 0.184. The van der Waals surface area contributed by atoms with Gasteiger partial charge in [0.25, 0.3) is 0 Å². The standard InChI is InChI=1S/C12H22O3/c1-3-5-7-9-14-11-15-12(10-13)8-6-4-2/h8,10H,3-7,9,11H2,1-2H3. The summed E-state index contributed by atoms with van der Waals surface area (Å²) in [7, 11) is 0. The third-order valence-electron chi connectivity index (χ3n) is 1.95. The van der Waals surface area contributed by atoms with Gasteiger partial charge in [0.05, 0.1) is 6.61 Å². The SMILES string of the molecule is CCCC=C(C=O)OCOCCCCC. The maximum Gasteiger partial charge on any atom is 0.189 e. The summed E-state index contributed by atoms with van der Waals surface area (Å²) in [5.41, 5.74) is 0. The molecular formula is C12H22O3. The third kappa shape index (κ3) is 9.47. The van der Waals surface area contributed by atoms with Crippen molar-refractivity contribution >= 4 is 6.29 Å². The number of carbonyl (C=O) groups excluding carboxylic acids is 1. The van der Waals surface area contributed by atoms with Crippen molar-refractivity contribution in [2.45, 2.75) is 46.0 Å². The van der Waals surface area contributed by atoms with Crippen LogP contribution in [-0.2, 0) is 14.3 Å². The van der Waals surface area contributed by atoms with Gasteiger partial charge in [-0.25, -0.2) is 0 Å². The van der Waals surface area contributed by atoms with Crippen molar-refractivity contribution in [3.8, 4) is 0 Å². The molecule has 0 bridgehead atoms. The molecule has 0 aromatic carbocycles. The minimum atomic E-state index is 0.179. The molecule has 0 fully saturated rings. The molecule has 0 heterocycles. The number of allylic oxidation sites excluding steroid dienone is 2. The van der Waals surface area contributed by atoms with E-state index in [0.29, 0.717) is 12.4 Å². The molecule has 0 aromatic rings. The molecule has 0 aliphatic carbocycles. The van der Waals surface area contributed by atoms with Crippen molar-refractivity contribution in [1.29, 1.82) is 0 Å². The summed E-state index contributed by atoms with van der Waals surface area (Å²) in [5.74, 6) is 0.382. The van der Waals surface area contributed by atoms with E-state index >= 15 is 0 Å². The molecule has 0 saturated carbocycles. The Morgan fingerprint density at radius 2 is 2.00 bits per heavy atom. The van der Waals surface area contributed by atoms with Crippen molar-refractivity contribution in [2.75, 3.05) is 13.4 Å². The highest BCUT2D eigenvalue weighted by molar-refractivity contribution is 5.69. The zero-order valence-electron chi connectivity index (χ0n) is 9.83. The van der Waals surface area contributed by atoms with Crippen LogP contribution in [0, 0.1) is 0 Å². The van der Waals surface area contributed by atoms with Gasteiger partial charge in [-0.3, -0.25) is 4.79 Å². The highest BCUT2D eigenvalue weighted by atomic mass is 16.7. The summed E-state index contributed by atoms with van der Waals surface area (Å²) >= 11 is 0. The van der Waals surface area contributed by atoms with Gasteiger partial charge in [-0.15, -0.1) is 0 Å². The van der Waals surface area contributed by atoms with Crippen LogP contribution in [0.3, 0.4) is 0 Å². The molecule has 3 heteroatoms.